The molecule has 1 aromatic carbocycles. The highest BCUT2D eigenvalue weighted by molar-refractivity contribution is 7.99. The Morgan fingerprint density at radius 3 is 2.47 bits per heavy atom. The molecule has 82 valence electrons. The van der Waals surface area contributed by atoms with E-state index >= 15 is 0 Å². The number of nitrogens with one attached hydrogen (secondary N) is 1. The van der Waals surface area contributed by atoms with Crippen LogP contribution in [0.15, 0.2) is 24.3 Å². The van der Waals surface area contributed by atoms with Crippen molar-refractivity contribution in [1.29, 1.82) is 0 Å². The molecule has 0 amide bonds. The van der Waals surface area contributed by atoms with E-state index in [1.54, 1.807) is 12.1 Å². The van der Waals surface area contributed by atoms with E-state index < -0.39 is 6.43 Å². The largest absolute Gasteiger partial charge is 0.298 e. The van der Waals surface area contributed by atoms with Gasteiger partial charge in [0.15, 0.2) is 0 Å². The van der Waals surface area contributed by atoms with Crippen LogP contribution in [-0.4, -0.2) is 11.8 Å². The zero-order chi connectivity index (χ0) is 10.8. The molecule has 1 aliphatic rings. The molecular formula is C11H13F2NS. The molecule has 0 saturated carbocycles. The van der Waals surface area contributed by atoms with Crippen LogP contribution in [0, 0.1) is 0 Å². The molecule has 15 heavy (non-hydrogen) atoms. The molecule has 0 aliphatic carbocycles. The zero-order valence-corrected chi connectivity index (χ0v) is 9.23. The van der Waals surface area contributed by atoms with Crippen LogP contribution < -0.4 is 5.32 Å². The van der Waals surface area contributed by atoms with Gasteiger partial charge in [-0.3, -0.25) is 5.32 Å². The second-order valence-electron chi connectivity index (χ2n) is 3.75. The van der Waals surface area contributed by atoms with E-state index in [0.717, 1.165) is 11.3 Å². The molecule has 1 aliphatic heterocycles. The first-order valence-electron chi connectivity index (χ1n) is 4.92. The summed E-state index contributed by atoms with van der Waals surface area (Å²) < 4.78 is 24.6. The summed E-state index contributed by atoms with van der Waals surface area (Å²) in [6.45, 7) is 2.13. The van der Waals surface area contributed by atoms with Crippen LogP contribution in [0.1, 0.15) is 29.8 Å². The van der Waals surface area contributed by atoms with Crippen LogP contribution >= 0.6 is 11.8 Å². The molecule has 4 heteroatoms. The van der Waals surface area contributed by atoms with Crippen LogP contribution in [0.4, 0.5) is 8.78 Å². The fourth-order valence-corrected chi connectivity index (χ4v) is 2.86. The molecule has 0 radical (unpaired) electrons. The van der Waals surface area contributed by atoms with Gasteiger partial charge in [-0.25, -0.2) is 8.78 Å². The van der Waals surface area contributed by atoms with E-state index in [0.29, 0.717) is 6.04 Å². The third-order valence-corrected chi connectivity index (χ3v) is 3.87. The Hall–Kier alpha value is -0.610. The number of benzene rings is 1. The molecule has 1 aromatic rings. The highest BCUT2D eigenvalue weighted by Crippen LogP contribution is 2.33. The van der Waals surface area contributed by atoms with E-state index in [4.69, 9.17) is 0 Å². The van der Waals surface area contributed by atoms with Gasteiger partial charge in [-0.15, -0.1) is 11.8 Å². The average Bonchev–Trinajstić information content (AvgIpc) is 2.65. The summed E-state index contributed by atoms with van der Waals surface area (Å²) in [5.74, 6) is 1.07. The predicted octanol–water partition coefficient (Wildman–Crippen LogP) is 3.35. The van der Waals surface area contributed by atoms with Crippen LogP contribution in [0.5, 0.6) is 0 Å². The lowest BCUT2D eigenvalue weighted by Crippen LogP contribution is -2.21. The van der Waals surface area contributed by atoms with Gasteiger partial charge < -0.3 is 0 Å². The molecule has 2 atom stereocenters. The zero-order valence-electron chi connectivity index (χ0n) is 8.41. The normalized spacial score (nSPS) is 26.1. The maximum atomic E-state index is 12.3. The van der Waals surface area contributed by atoms with Crippen molar-refractivity contribution in [3.63, 3.8) is 0 Å². The van der Waals surface area contributed by atoms with Gasteiger partial charge in [0.1, 0.15) is 0 Å². The van der Waals surface area contributed by atoms with Crippen LogP contribution in [0.3, 0.4) is 0 Å². The van der Waals surface area contributed by atoms with Gasteiger partial charge >= 0.3 is 0 Å². The van der Waals surface area contributed by atoms with E-state index in [1.165, 1.54) is 12.1 Å². The first kappa shape index (κ1) is 10.9. The first-order chi connectivity index (χ1) is 7.16. The summed E-state index contributed by atoms with van der Waals surface area (Å²) in [6, 6.07) is 7.07. The van der Waals surface area contributed by atoms with Gasteiger partial charge in [-0.2, -0.15) is 0 Å². The fourth-order valence-electron chi connectivity index (χ4n) is 1.60. The second-order valence-corrected chi connectivity index (χ2v) is 4.89. The van der Waals surface area contributed by atoms with Crippen molar-refractivity contribution < 1.29 is 8.78 Å². The van der Waals surface area contributed by atoms with Crippen molar-refractivity contribution in [2.24, 2.45) is 0 Å². The summed E-state index contributed by atoms with van der Waals surface area (Å²) >= 11 is 1.82. The van der Waals surface area contributed by atoms with Gasteiger partial charge in [0, 0.05) is 17.4 Å². The Kier molecular flexibility index (Phi) is 3.26. The average molecular weight is 229 g/mol. The molecule has 1 saturated heterocycles. The fraction of sp³-hybridized carbons (Fsp3) is 0.455. The topological polar surface area (TPSA) is 12.0 Å². The van der Waals surface area contributed by atoms with Gasteiger partial charge in [-0.1, -0.05) is 24.3 Å². The molecule has 1 nitrogen and oxygen atoms in total. The molecule has 2 unspecified atom stereocenters. The SMILES string of the molecule is CC1CSC(c2ccc(C(F)F)cc2)N1. The van der Waals surface area contributed by atoms with E-state index in [-0.39, 0.29) is 10.9 Å². The summed E-state index contributed by atoms with van der Waals surface area (Å²) in [5.41, 5.74) is 1.17. The maximum absolute atomic E-state index is 12.3. The molecule has 1 N–H and O–H groups in total. The summed E-state index contributed by atoms with van der Waals surface area (Å²) in [5, 5.41) is 3.65. The summed E-state index contributed by atoms with van der Waals surface area (Å²) in [4.78, 5) is 0. The number of thioether (sulfide) groups is 1. The van der Waals surface area contributed by atoms with Gasteiger partial charge in [0.05, 0.1) is 5.37 Å². The Morgan fingerprint density at radius 1 is 1.33 bits per heavy atom. The summed E-state index contributed by atoms with van der Waals surface area (Å²) in [7, 11) is 0. The van der Waals surface area contributed by atoms with Crippen LogP contribution in [0.2, 0.25) is 0 Å². The number of rotatable bonds is 2. The number of hydrogen-bond acceptors (Lipinski definition) is 2. The molecule has 1 heterocycles. The molecule has 0 bridgehead atoms. The highest BCUT2D eigenvalue weighted by Gasteiger charge is 2.22. The van der Waals surface area contributed by atoms with E-state index in [2.05, 4.69) is 12.2 Å². The molecule has 1 fully saturated rings. The van der Waals surface area contributed by atoms with Gasteiger partial charge in [-0.05, 0) is 12.5 Å². The quantitative estimate of drug-likeness (QED) is 0.834. The molecular weight excluding hydrogens is 216 g/mol. The minimum Gasteiger partial charge on any atom is -0.298 e. The third-order valence-electron chi connectivity index (χ3n) is 2.44. The third kappa shape index (κ3) is 2.49. The van der Waals surface area contributed by atoms with Crippen molar-refractivity contribution >= 4 is 11.8 Å². The molecule has 0 aromatic heterocycles. The number of alkyl halides is 2. The smallest absolute Gasteiger partial charge is 0.263 e. The first-order valence-corrected chi connectivity index (χ1v) is 5.97. The lowest BCUT2D eigenvalue weighted by molar-refractivity contribution is 0.151. The Labute approximate surface area is 92.3 Å². The lowest BCUT2D eigenvalue weighted by atomic mass is 10.1. The Morgan fingerprint density at radius 2 is 2.00 bits per heavy atom. The van der Waals surface area contributed by atoms with Crippen molar-refractivity contribution in [2.45, 2.75) is 24.8 Å². The number of hydrogen-bond donors (Lipinski definition) is 1. The molecule has 2 rings (SSSR count). The van der Waals surface area contributed by atoms with Crippen LogP contribution in [0.25, 0.3) is 0 Å². The minimum absolute atomic E-state index is 0.0924. The monoisotopic (exact) mass is 229 g/mol. The predicted molar refractivity (Wildman–Crippen MR) is 59.2 cm³/mol. The standard InChI is InChI=1S/C11H13F2NS/c1-7-6-15-11(14-7)9-4-2-8(3-5-9)10(12)13/h2-5,7,10-11,14H,6H2,1H3. The number of halogens is 2. The lowest BCUT2D eigenvalue weighted by Gasteiger charge is -2.11. The Balaban J connectivity index is 2.10. The summed E-state index contributed by atoms with van der Waals surface area (Å²) in [6.07, 6.45) is -2.37. The maximum Gasteiger partial charge on any atom is 0.263 e. The van der Waals surface area contributed by atoms with Crippen molar-refractivity contribution in [3.8, 4) is 0 Å². The highest BCUT2D eigenvalue weighted by atomic mass is 32.2. The van der Waals surface area contributed by atoms with Crippen molar-refractivity contribution in [3.05, 3.63) is 35.4 Å². The van der Waals surface area contributed by atoms with Crippen molar-refractivity contribution in [1.82, 2.24) is 5.32 Å². The van der Waals surface area contributed by atoms with E-state index in [1.807, 2.05) is 11.8 Å². The minimum atomic E-state index is -2.37. The van der Waals surface area contributed by atoms with Crippen LogP contribution in [-0.2, 0) is 0 Å². The molecule has 0 spiro atoms. The Bertz CT molecular complexity index is 326. The van der Waals surface area contributed by atoms with Gasteiger partial charge in [0.25, 0.3) is 6.43 Å². The second kappa shape index (κ2) is 4.49. The van der Waals surface area contributed by atoms with Gasteiger partial charge in [0.2, 0.25) is 0 Å². The van der Waals surface area contributed by atoms with Crippen molar-refractivity contribution in [2.75, 3.05) is 5.75 Å². The van der Waals surface area contributed by atoms with E-state index in [9.17, 15) is 8.78 Å².